The van der Waals surface area contributed by atoms with E-state index in [0.29, 0.717) is 29.7 Å². The van der Waals surface area contributed by atoms with E-state index in [4.69, 9.17) is 0 Å². The average Bonchev–Trinajstić information content (AvgIpc) is 2.68. The molecule has 1 amide bonds. The number of nitrogens with zero attached hydrogens (tertiary/aromatic N) is 2. The molecule has 0 radical (unpaired) electrons. The normalized spacial score (nSPS) is 15.8. The Morgan fingerprint density at radius 1 is 1.04 bits per heavy atom. The minimum Gasteiger partial charge on any atom is -0.294 e. The van der Waals surface area contributed by atoms with E-state index >= 15 is 0 Å². The Balaban J connectivity index is 1.57. The summed E-state index contributed by atoms with van der Waals surface area (Å²) in [5, 5.41) is 2.74. The molecule has 28 heavy (non-hydrogen) atoms. The highest BCUT2D eigenvalue weighted by Gasteiger charge is 2.28. The summed E-state index contributed by atoms with van der Waals surface area (Å²) in [5.41, 5.74) is 5.12. The molecular weight excluding hydrogens is 350 g/mol. The van der Waals surface area contributed by atoms with Gasteiger partial charge in [-0.3, -0.25) is 14.9 Å². The van der Waals surface area contributed by atoms with Crippen LogP contribution in [0.1, 0.15) is 55.4 Å². The third-order valence-electron chi connectivity index (χ3n) is 5.09. The smallest absolute Gasteiger partial charge is 0.258 e. The average molecular weight is 371 g/mol. The molecule has 0 saturated heterocycles. The number of fused-ring (bicyclic) bond motifs is 1. The first-order valence-electron chi connectivity index (χ1n) is 9.33. The lowest BCUT2D eigenvalue weighted by Crippen LogP contribution is -2.22. The predicted octanol–water partition coefficient (Wildman–Crippen LogP) is 4.26. The zero-order chi connectivity index (χ0) is 19.7. The van der Waals surface area contributed by atoms with Crippen LogP contribution >= 0.6 is 0 Å². The first-order chi connectivity index (χ1) is 13.5. The topological polar surface area (TPSA) is 72.0 Å². The second-order valence-corrected chi connectivity index (χ2v) is 7.32. The Morgan fingerprint density at radius 3 is 2.57 bits per heavy atom. The van der Waals surface area contributed by atoms with Gasteiger partial charge in [-0.15, -0.1) is 0 Å². The van der Waals surface area contributed by atoms with Crippen molar-refractivity contribution in [3.63, 3.8) is 0 Å². The lowest BCUT2D eigenvalue weighted by atomic mass is 9.82. The van der Waals surface area contributed by atoms with Gasteiger partial charge in [0.15, 0.2) is 5.78 Å². The van der Waals surface area contributed by atoms with Crippen LogP contribution in [0.15, 0.2) is 54.7 Å². The number of hydrogen-bond donors (Lipinski definition) is 1. The summed E-state index contributed by atoms with van der Waals surface area (Å²) in [6.07, 6.45) is 2.64. The van der Waals surface area contributed by atoms with Gasteiger partial charge in [-0.05, 0) is 43.9 Å². The molecule has 0 saturated carbocycles. The molecule has 0 spiro atoms. The number of aromatic nitrogens is 2. The first kappa shape index (κ1) is 18.0. The number of aryl methyl sites for hydroxylation is 2. The van der Waals surface area contributed by atoms with E-state index in [1.165, 1.54) is 11.8 Å². The quantitative estimate of drug-likeness (QED) is 0.747. The Morgan fingerprint density at radius 2 is 1.82 bits per heavy atom. The molecule has 0 fully saturated rings. The molecule has 1 atom stereocenters. The van der Waals surface area contributed by atoms with Crippen LogP contribution in [0.3, 0.4) is 0 Å². The van der Waals surface area contributed by atoms with Crippen molar-refractivity contribution in [1.29, 1.82) is 0 Å². The summed E-state index contributed by atoms with van der Waals surface area (Å²) in [6.45, 7) is 3.98. The van der Waals surface area contributed by atoms with E-state index < -0.39 is 0 Å². The number of nitrogens with one attached hydrogen (secondary N) is 1. The van der Waals surface area contributed by atoms with Crippen molar-refractivity contribution in [2.75, 3.05) is 5.32 Å². The van der Waals surface area contributed by atoms with Gasteiger partial charge in [-0.2, -0.15) is 0 Å². The van der Waals surface area contributed by atoms with Gasteiger partial charge in [0.2, 0.25) is 5.95 Å². The highest BCUT2D eigenvalue weighted by molar-refractivity contribution is 6.03. The Bertz CT molecular complexity index is 1060. The fourth-order valence-electron chi connectivity index (χ4n) is 3.54. The van der Waals surface area contributed by atoms with Gasteiger partial charge >= 0.3 is 0 Å². The van der Waals surface area contributed by atoms with E-state index in [1.807, 2.05) is 32.0 Å². The molecule has 3 aromatic rings. The van der Waals surface area contributed by atoms with Crippen molar-refractivity contribution in [3.8, 4) is 0 Å². The maximum absolute atomic E-state index is 12.6. The van der Waals surface area contributed by atoms with Crippen molar-refractivity contribution in [2.24, 2.45) is 0 Å². The Hall–Kier alpha value is -3.34. The number of anilines is 1. The maximum Gasteiger partial charge on any atom is 0.258 e. The van der Waals surface area contributed by atoms with E-state index in [1.54, 1.807) is 6.07 Å². The summed E-state index contributed by atoms with van der Waals surface area (Å²) in [7, 11) is 0. The van der Waals surface area contributed by atoms with E-state index in [0.717, 1.165) is 11.1 Å². The van der Waals surface area contributed by atoms with Crippen molar-refractivity contribution in [2.45, 2.75) is 32.6 Å². The van der Waals surface area contributed by atoms with Crippen LogP contribution in [0.4, 0.5) is 5.95 Å². The summed E-state index contributed by atoms with van der Waals surface area (Å²) < 4.78 is 0. The summed E-state index contributed by atoms with van der Waals surface area (Å²) in [5.74, 6) is 0.0997. The molecule has 4 rings (SSSR count). The molecule has 140 valence electrons. The van der Waals surface area contributed by atoms with Crippen LogP contribution in [-0.2, 0) is 6.42 Å². The minimum absolute atomic E-state index is 0.0448. The molecule has 1 aliphatic carbocycles. The molecule has 0 bridgehead atoms. The lowest BCUT2D eigenvalue weighted by Gasteiger charge is -2.23. The summed E-state index contributed by atoms with van der Waals surface area (Å²) in [6, 6.07) is 15.6. The van der Waals surface area contributed by atoms with Crippen molar-refractivity contribution < 1.29 is 9.59 Å². The van der Waals surface area contributed by atoms with E-state index in [2.05, 4.69) is 39.6 Å². The highest BCUT2D eigenvalue weighted by Crippen LogP contribution is 2.32. The molecule has 5 heteroatoms. The van der Waals surface area contributed by atoms with Crippen LogP contribution in [0.25, 0.3) is 0 Å². The molecule has 1 aliphatic rings. The number of ketones is 1. The highest BCUT2D eigenvalue weighted by atomic mass is 16.1. The SMILES string of the molecule is Cc1ccc([C@@H]2CC(=O)c3cnc(NC(=O)c4cccc(C)c4)nc3C2)cc1. The Kier molecular flexibility index (Phi) is 4.74. The summed E-state index contributed by atoms with van der Waals surface area (Å²) in [4.78, 5) is 33.7. The molecule has 1 N–H and O–H groups in total. The number of benzene rings is 2. The second kappa shape index (κ2) is 7.35. The predicted molar refractivity (Wildman–Crippen MR) is 108 cm³/mol. The number of carbonyl (C=O) groups excluding carboxylic acids is 2. The number of rotatable bonds is 3. The molecular formula is C23H21N3O2. The van der Waals surface area contributed by atoms with E-state index in [-0.39, 0.29) is 23.6 Å². The van der Waals surface area contributed by atoms with Crippen molar-refractivity contribution >= 4 is 17.6 Å². The van der Waals surface area contributed by atoms with Crippen molar-refractivity contribution in [3.05, 3.63) is 88.2 Å². The summed E-state index contributed by atoms with van der Waals surface area (Å²) >= 11 is 0. The van der Waals surface area contributed by atoms with Gasteiger partial charge in [0.25, 0.3) is 5.91 Å². The largest absolute Gasteiger partial charge is 0.294 e. The minimum atomic E-state index is -0.263. The number of amides is 1. The second-order valence-electron chi connectivity index (χ2n) is 7.32. The fraction of sp³-hybridized carbons (Fsp3) is 0.217. The van der Waals surface area contributed by atoms with Gasteiger partial charge in [-0.1, -0.05) is 47.5 Å². The standard InChI is InChI=1S/C23H21N3O2/c1-14-6-8-16(9-7-14)18-11-20-19(21(27)12-18)13-24-23(25-20)26-22(28)17-5-3-4-15(2)10-17/h3-10,13,18H,11-12H2,1-2H3,(H,24,25,26,28)/t18-/m0/s1. The monoisotopic (exact) mass is 371 g/mol. The van der Waals surface area contributed by atoms with Gasteiger partial charge in [0.1, 0.15) is 0 Å². The van der Waals surface area contributed by atoms with E-state index in [9.17, 15) is 9.59 Å². The zero-order valence-corrected chi connectivity index (χ0v) is 15.9. The molecule has 1 heterocycles. The van der Waals surface area contributed by atoms with Gasteiger partial charge in [-0.25, -0.2) is 9.97 Å². The molecule has 0 aliphatic heterocycles. The van der Waals surface area contributed by atoms with Gasteiger partial charge in [0, 0.05) is 18.2 Å². The van der Waals surface area contributed by atoms with Gasteiger partial charge < -0.3 is 0 Å². The third kappa shape index (κ3) is 3.69. The van der Waals surface area contributed by atoms with Crippen LogP contribution in [0, 0.1) is 13.8 Å². The number of carbonyl (C=O) groups is 2. The number of hydrogen-bond acceptors (Lipinski definition) is 4. The van der Waals surface area contributed by atoms with Crippen LogP contribution in [0.5, 0.6) is 0 Å². The van der Waals surface area contributed by atoms with Crippen molar-refractivity contribution in [1.82, 2.24) is 9.97 Å². The molecule has 1 aromatic heterocycles. The molecule has 2 aromatic carbocycles. The molecule has 0 unspecified atom stereocenters. The zero-order valence-electron chi connectivity index (χ0n) is 15.9. The van der Waals surface area contributed by atoms with Crippen LogP contribution in [0.2, 0.25) is 0 Å². The molecule has 5 nitrogen and oxygen atoms in total. The third-order valence-corrected chi connectivity index (χ3v) is 5.09. The van der Waals surface area contributed by atoms with Crippen LogP contribution in [-0.4, -0.2) is 21.7 Å². The lowest BCUT2D eigenvalue weighted by molar-refractivity contribution is 0.0962. The van der Waals surface area contributed by atoms with Crippen LogP contribution < -0.4 is 5.32 Å². The fourth-order valence-corrected chi connectivity index (χ4v) is 3.54. The van der Waals surface area contributed by atoms with Gasteiger partial charge in [0.05, 0.1) is 11.3 Å². The number of Topliss-reactive ketones (excluding diaryl/α,β-unsaturated/α-hetero) is 1. The first-order valence-corrected chi connectivity index (χ1v) is 9.33. The Labute approximate surface area is 163 Å². The maximum atomic E-state index is 12.6.